The van der Waals surface area contributed by atoms with Gasteiger partial charge in [0.05, 0.1) is 6.54 Å². The van der Waals surface area contributed by atoms with Crippen LogP contribution >= 0.6 is 11.8 Å². The molecule has 0 radical (unpaired) electrons. The lowest BCUT2D eigenvalue weighted by atomic mass is 10.4. The normalized spacial score (nSPS) is 13.6. The van der Waals surface area contributed by atoms with Crippen molar-refractivity contribution in [2.75, 3.05) is 19.3 Å². The molecule has 1 rings (SSSR count). The molecule has 0 fully saturated rings. The van der Waals surface area contributed by atoms with Crippen molar-refractivity contribution >= 4 is 21.8 Å². The molecular weight excluding hydrogens is 296 g/mol. The average molecular weight is 320 g/mol. The number of sulfonamides is 1. The van der Waals surface area contributed by atoms with Gasteiger partial charge in [-0.1, -0.05) is 13.8 Å². The summed E-state index contributed by atoms with van der Waals surface area (Å²) >= 11 is 1.62. The van der Waals surface area contributed by atoms with Crippen molar-refractivity contribution in [1.82, 2.24) is 10.0 Å². The number of hydrogen-bond acceptors (Lipinski definition) is 5. The van der Waals surface area contributed by atoms with Crippen LogP contribution < -0.4 is 10.0 Å². The molecule has 0 aliphatic rings. The monoisotopic (exact) mass is 320 g/mol. The van der Waals surface area contributed by atoms with Crippen LogP contribution in [0.1, 0.15) is 31.8 Å². The van der Waals surface area contributed by atoms with Gasteiger partial charge in [0.25, 0.3) is 0 Å². The van der Waals surface area contributed by atoms with E-state index < -0.39 is 10.0 Å². The predicted molar refractivity (Wildman–Crippen MR) is 83.6 cm³/mol. The summed E-state index contributed by atoms with van der Waals surface area (Å²) in [5.41, 5.74) is 0. The molecular formula is C13H24N2O3S2. The fraction of sp³-hybridized carbons (Fsp3) is 0.692. The zero-order valence-electron chi connectivity index (χ0n) is 12.5. The van der Waals surface area contributed by atoms with Gasteiger partial charge >= 0.3 is 0 Å². The van der Waals surface area contributed by atoms with E-state index >= 15 is 0 Å². The van der Waals surface area contributed by atoms with Gasteiger partial charge in [0, 0.05) is 17.9 Å². The van der Waals surface area contributed by atoms with E-state index in [4.69, 9.17) is 4.42 Å². The lowest BCUT2D eigenvalue weighted by Crippen LogP contribution is -2.29. The van der Waals surface area contributed by atoms with Crippen LogP contribution in [0.15, 0.2) is 15.4 Å². The van der Waals surface area contributed by atoms with E-state index in [2.05, 4.69) is 17.0 Å². The highest BCUT2D eigenvalue weighted by molar-refractivity contribution is 7.99. The van der Waals surface area contributed by atoms with Crippen molar-refractivity contribution in [3.8, 4) is 0 Å². The Balaban J connectivity index is 2.74. The van der Waals surface area contributed by atoms with Crippen LogP contribution in [0.2, 0.25) is 0 Å². The van der Waals surface area contributed by atoms with E-state index in [1.54, 1.807) is 24.8 Å². The second kappa shape index (κ2) is 8.07. The van der Waals surface area contributed by atoms with E-state index in [9.17, 15) is 8.42 Å². The first-order valence-electron chi connectivity index (χ1n) is 6.73. The highest BCUT2D eigenvalue weighted by Crippen LogP contribution is 2.20. The third kappa shape index (κ3) is 5.12. The molecule has 20 heavy (non-hydrogen) atoms. The van der Waals surface area contributed by atoms with Gasteiger partial charge < -0.3 is 9.73 Å². The second-order valence-corrected chi connectivity index (χ2v) is 7.72. The Morgan fingerprint density at radius 1 is 1.45 bits per heavy atom. The van der Waals surface area contributed by atoms with Crippen molar-refractivity contribution in [1.29, 1.82) is 0 Å². The lowest BCUT2D eigenvalue weighted by Gasteiger charge is -2.09. The van der Waals surface area contributed by atoms with Gasteiger partial charge in [0.1, 0.15) is 16.4 Å². The van der Waals surface area contributed by atoms with Gasteiger partial charge in [0.2, 0.25) is 10.0 Å². The summed E-state index contributed by atoms with van der Waals surface area (Å²) in [6, 6.07) is 1.60. The first-order chi connectivity index (χ1) is 9.40. The zero-order chi connectivity index (χ0) is 15.2. The summed E-state index contributed by atoms with van der Waals surface area (Å²) in [4.78, 5) is 0.235. The minimum Gasteiger partial charge on any atom is -0.464 e. The molecule has 0 bridgehead atoms. The number of nitrogens with one attached hydrogen (secondary N) is 2. The van der Waals surface area contributed by atoms with Crippen LogP contribution in [-0.4, -0.2) is 33.0 Å². The van der Waals surface area contributed by atoms with Gasteiger partial charge in [-0.15, -0.1) is 0 Å². The van der Waals surface area contributed by atoms with E-state index in [1.165, 1.54) is 0 Å². The molecule has 0 saturated heterocycles. The fourth-order valence-corrected chi connectivity index (χ4v) is 3.34. The van der Waals surface area contributed by atoms with Gasteiger partial charge in [0.15, 0.2) is 0 Å². The first-order valence-corrected chi connectivity index (χ1v) is 9.50. The van der Waals surface area contributed by atoms with Crippen LogP contribution in [0, 0.1) is 6.92 Å². The highest BCUT2D eigenvalue weighted by Gasteiger charge is 2.21. The summed E-state index contributed by atoms with van der Waals surface area (Å²) in [6.45, 7) is 7.58. The summed E-state index contributed by atoms with van der Waals surface area (Å²) in [6.07, 6.45) is 2.98. The summed E-state index contributed by atoms with van der Waals surface area (Å²) in [5.74, 6) is 1.08. The lowest BCUT2D eigenvalue weighted by molar-refractivity contribution is 0.457. The summed E-state index contributed by atoms with van der Waals surface area (Å²) < 4.78 is 32.5. The van der Waals surface area contributed by atoms with E-state index in [1.807, 2.05) is 13.2 Å². The van der Waals surface area contributed by atoms with Crippen LogP contribution in [0.3, 0.4) is 0 Å². The average Bonchev–Trinajstić information content (AvgIpc) is 2.78. The molecule has 1 aromatic heterocycles. The largest absolute Gasteiger partial charge is 0.464 e. The number of aryl methyl sites for hydroxylation is 1. The van der Waals surface area contributed by atoms with Crippen LogP contribution in [0.25, 0.3) is 0 Å². The number of thioether (sulfide) groups is 1. The highest BCUT2D eigenvalue weighted by atomic mass is 32.2. The van der Waals surface area contributed by atoms with Crippen molar-refractivity contribution in [2.24, 2.45) is 0 Å². The van der Waals surface area contributed by atoms with Crippen molar-refractivity contribution in [3.05, 3.63) is 17.6 Å². The third-order valence-electron chi connectivity index (χ3n) is 2.90. The molecule has 1 aromatic rings. The van der Waals surface area contributed by atoms with Crippen molar-refractivity contribution in [3.63, 3.8) is 0 Å². The molecule has 7 heteroatoms. The van der Waals surface area contributed by atoms with Crippen LogP contribution in [0.5, 0.6) is 0 Å². The Morgan fingerprint density at radius 3 is 2.75 bits per heavy atom. The molecule has 0 amide bonds. The predicted octanol–water partition coefficient (Wildman–Crippen LogP) is 2.12. The Hall–Kier alpha value is -0.500. The van der Waals surface area contributed by atoms with Gasteiger partial charge in [-0.3, -0.25) is 0 Å². The second-order valence-electron chi connectivity index (χ2n) is 4.71. The SMILES string of the molecule is CCCNCc1cc(S(=O)(=O)NCC(C)SC)c(C)o1. The quantitative estimate of drug-likeness (QED) is 0.682. The molecule has 0 aliphatic carbocycles. The van der Waals surface area contributed by atoms with E-state index in [0.29, 0.717) is 24.6 Å². The zero-order valence-corrected chi connectivity index (χ0v) is 14.2. The number of rotatable bonds is 9. The third-order valence-corrected chi connectivity index (χ3v) is 5.40. The van der Waals surface area contributed by atoms with Gasteiger partial charge in [-0.25, -0.2) is 13.1 Å². The van der Waals surface area contributed by atoms with Crippen molar-refractivity contribution in [2.45, 2.75) is 43.9 Å². The molecule has 1 heterocycles. The van der Waals surface area contributed by atoms with E-state index in [0.717, 1.165) is 13.0 Å². The number of hydrogen-bond donors (Lipinski definition) is 2. The molecule has 1 atom stereocenters. The van der Waals surface area contributed by atoms with Crippen LogP contribution in [0.4, 0.5) is 0 Å². The molecule has 5 nitrogen and oxygen atoms in total. The maximum atomic E-state index is 12.2. The van der Waals surface area contributed by atoms with Gasteiger partial charge in [-0.2, -0.15) is 11.8 Å². The van der Waals surface area contributed by atoms with Crippen molar-refractivity contribution < 1.29 is 12.8 Å². The molecule has 0 spiro atoms. The fourth-order valence-electron chi connectivity index (χ4n) is 1.65. The molecule has 0 aliphatic heterocycles. The summed E-state index contributed by atoms with van der Waals surface area (Å²) in [7, 11) is -3.49. The molecule has 116 valence electrons. The Bertz CT molecular complexity index is 512. The maximum Gasteiger partial charge on any atom is 0.244 e. The minimum atomic E-state index is -3.49. The molecule has 0 aromatic carbocycles. The minimum absolute atomic E-state index is 0.235. The Kier molecular flexibility index (Phi) is 7.08. The first kappa shape index (κ1) is 17.6. The molecule has 2 N–H and O–H groups in total. The standard InChI is InChI=1S/C13H24N2O3S2/c1-5-6-14-9-12-7-13(11(3)18-12)20(16,17)15-8-10(2)19-4/h7,10,14-15H,5-6,8-9H2,1-4H3. The topological polar surface area (TPSA) is 71.3 Å². The summed E-state index contributed by atoms with van der Waals surface area (Å²) in [5, 5.41) is 3.43. The Labute approximate surface area is 125 Å². The smallest absolute Gasteiger partial charge is 0.244 e. The molecule has 0 saturated carbocycles. The van der Waals surface area contributed by atoms with E-state index in [-0.39, 0.29) is 10.1 Å². The van der Waals surface area contributed by atoms with Gasteiger partial charge in [-0.05, 0) is 26.1 Å². The maximum absolute atomic E-state index is 12.2. The number of furan rings is 1. The molecule has 1 unspecified atom stereocenters. The Morgan fingerprint density at radius 2 is 2.15 bits per heavy atom. The van der Waals surface area contributed by atoms with Crippen LogP contribution in [-0.2, 0) is 16.6 Å².